The Morgan fingerprint density at radius 3 is 3.04 bits per heavy atom. The number of hydrogen-bond acceptors (Lipinski definition) is 6. The molecule has 0 radical (unpaired) electrons. The highest BCUT2D eigenvalue weighted by Crippen LogP contribution is 2.28. The van der Waals surface area contributed by atoms with Gasteiger partial charge >= 0.3 is 0 Å². The summed E-state index contributed by atoms with van der Waals surface area (Å²) in [5.41, 5.74) is 0.249. The van der Waals surface area contributed by atoms with Crippen molar-refractivity contribution in [1.82, 2.24) is 9.78 Å². The number of hydrogen-bond donors (Lipinski definition) is 1. The summed E-state index contributed by atoms with van der Waals surface area (Å²) in [6.45, 7) is 8.53. The molecule has 1 fully saturated rings. The van der Waals surface area contributed by atoms with Crippen LogP contribution in [0.4, 0.5) is 5.82 Å². The Morgan fingerprint density at radius 2 is 2.31 bits per heavy atom. The molecule has 1 aromatic heterocycles. The van der Waals surface area contributed by atoms with E-state index in [0.29, 0.717) is 38.3 Å². The van der Waals surface area contributed by atoms with Gasteiger partial charge in [0.1, 0.15) is 23.9 Å². The van der Waals surface area contributed by atoms with E-state index in [9.17, 15) is 9.90 Å². The van der Waals surface area contributed by atoms with Crippen LogP contribution in [0, 0.1) is 5.92 Å². The summed E-state index contributed by atoms with van der Waals surface area (Å²) in [5, 5.41) is 14.4. The molecule has 26 heavy (non-hydrogen) atoms. The average molecular weight is 361 g/mol. The molecule has 2 aliphatic rings. The number of morpholine rings is 1. The molecular formula is C19H27N3O4. The van der Waals surface area contributed by atoms with Crippen LogP contribution in [0.5, 0.6) is 0 Å². The predicted octanol–water partition coefficient (Wildman–Crippen LogP) is 2.62. The number of ether oxygens (including phenoxy) is 2. The zero-order chi connectivity index (χ0) is 18.7. The highest BCUT2D eigenvalue weighted by atomic mass is 16.5. The van der Waals surface area contributed by atoms with Gasteiger partial charge in [-0.25, -0.2) is 4.68 Å². The van der Waals surface area contributed by atoms with Crippen LogP contribution in [0.25, 0.3) is 0 Å². The molecule has 7 nitrogen and oxygen atoms in total. The summed E-state index contributed by atoms with van der Waals surface area (Å²) in [5.74, 6) is 1.73. The lowest BCUT2D eigenvalue weighted by atomic mass is 9.95. The maximum atomic E-state index is 11.3. The van der Waals surface area contributed by atoms with Gasteiger partial charge in [-0.15, -0.1) is 0 Å². The smallest absolute Gasteiger partial charge is 0.157 e. The lowest BCUT2D eigenvalue weighted by molar-refractivity contribution is -0.105. The Kier molecular flexibility index (Phi) is 5.66. The van der Waals surface area contributed by atoms with Crippen LogP contribution >= 0.6 is 0 Å². The monoisotopic (exact) mass is 361 g/mol. The molecule has 0 bridgehead atoms. The SMILES string of the molecule is CC1C=C(O)C(C=O)=C(OC[C@@H]2COCCN2c2ccnn2C(C)C)C1. The van der Waals surface area contributed by atoms with Gasteiger partial charge in [-0.1, -0.05) is 6.92 Å². The lowest BCUT2D eigenvalue weighted by Crippen LogP contribution is -2.49. The Hall–Kier alpha value is -2.28. The van der Waals surface area contributed by atoms with Crippen molar-refractivity contribution < 1.29 is 19.4 Å². The maximum Gasteiger partial charge on any atom is 0.157 e. The van der Waals surface area contributed by atoms with Crippen molar-refractivity contribution in [1.29, 1.82) is 0 Å². The number of rotatable bonds is 6. The van der Waals surface area contributed by atoms with Gasteiger partial charge in [0.15, 0.2) is 6.29 Å². The first-order valence-electron chi connectivity index (χ1n) is 9.11. The second-order valence-electron chi connectivity index (χ2n) is 7.15. The van der Waals surface area contributed by atoms with E-state index < -0.39 is 0 Å². The van der Waals surface area contributed by atoms with Crippen molar-refractivity contribution in [2.24, 2.45) is 5.92 Å². The fourth-order valence-corrected chi connectivity index (χ4v) is 3.45. The summed E-state index contributed by atoms with van der Waals surface area (Å²) >= 11 is 0. The normalized spacial score (nSPS) is 24.0. The Labute approximate surface area is 153 Å². The third-order valence-corrected chi connectivity index (χ3v) is 4.75. The molecule has 1 aliphatic carbocycles. The first-order valence-corrected chi connectivity index (χ1v) is 9.11. The predicted molar refractivity (Wildman–Crippen MR) is 98.1 cm³/mol. The van der Waals surface area contributed by atoms with Gasteiger partial charge in [0.25, 0.3) is 0 Å². The molecule has 1 aromatic rings. The van der Waals surface area contributed by atoms with E-state index in [4.69, 9.17) is 9.47 Å². The number of aromatic nitrogens is 2. The van der Waals surface area contributed by atoms with Crippen LogP contribution in [0.2, 0.25) is 0 Å². The summed E-state index contributed by atoms with van der Waals surface area (Å²) in [4.78, 5) is 13.6. The highest BCUT2D eigenvalue weighted by molar-refractivity contribution is 5.80. The van der Waals surface area contributed by atoms with Crippen LogP contribution in [0.1, 0.15) is 33.2 Å². The molecule has 0 spiro atoms. The summed E-state index contributed by atoms with van der Waals surface area (Å²) < 4.78 is 13.6. The van der Waals surface area contributed by atoms with Gasteiger partial charge in [-0.2, -0.15) is 5.10 Å². The van der Waals surface area contributed by atoms with Gasteiger partial charge < -0.3 is 19.5 Å². The largest absolute Gasteiger partial charge is 0.507 e. The van der Waals surface area contributed by atoms with Crippen LogP contribution in [0.3, 0.4) is 0 Å². The number of aldehydes is 1. The van der Waals surface area contributed by atoms with Crippen LogP contribution < -0.4 is 4.90 Å². The standard InChI is InChI=1S/C19H27N3O4/c1-13(2)22-19(4-5-20-22)21-6-7-25-11-15(21)12-26-18-9-14(3)8-17(24)16(18)10-23/h4-5,8,10,13-15,24H,6-7,9,11-12H2,1-3H3/t14?,15-/m0/s1. The second-order valence-corrected chi connectivity index (χ2v) is 7.15. The van der Waals surface area contributed by atoms with Gasteiger partial charge in [0, 0.05) is 25.1 Å². The molecule has 2 atom stereocenters. The third kappa shape index (κ3) is 3.77. The molecule has 0 aromatic carbocycles. The van der Waals surface area contributed by atoms with Crippen LogP contribution in [-0.2, 0) is 14.3 Å². The van der Waals surface area contributed by atoms with Gasteiger partial charge in [-0.05, 0) is 25.8 Å². The minimum absolute atomic E-state index is 0.00313. The number of nitrogens with zero attached hydrogens (tertiary/aromatic N) is 3. The number of aliphatic hydroxyl groups is 1. The zero-order valence-corrected chi connectivity index (χ0v) is 15.6. The molecule has 0 saturated carbocycles. The molecular weight excluding hydrogens is 334 g/mol. The molecule has 3 rings (SSSR count). The number of anilines is 1. The van der Waals surface area contributed by atoms with Gasteiger partial charge in [0.05, 0.1) is 31.0 Å². The summed E-state index contributed by atoms with van der Waals surface area (Å²) in [6, 6.07) is 2.28. The number of aliphatic hydroxyl groups excluding tert-OH is 1. The van der Waals surface area contributed by atoms with E-state index in [1.54, 1.807) is 12.3 Å². The Bertz CT molecular complexity index is 707. The molecule has 1 N–H and O–H groups in total. The van der Waals surface area contributed by atoms with Crippen molar-refractivity contribution in [2.75, 3.05) is 31.3 Å². The van der Waals surface area contributed by atoms with Crippen molar-refractivity contribution in [3.63, 3.8) is 0 Å². The van der Waals surface area contributed by atoms with E-state index in [2.05, 4.69) is 23.8 Å². The fourth-order valence-electron chi connectivity index (χ4n) is 3.45. The minimum Gasteiger partial charge on any atom is -0.507 e. The topological polar surface area (TPSA) is 76.8 Å². The van der Waals surface area contributed by atoms with Crippen molar-refractivity contribution in [3.8, 4) is 0 Å². The number of carbonyl (C=O) groups is 1. The molecule has 1 saturated heterocycles. The third-order valence-electron chi connectivity index (χ3n) is 4.75. The zero-order valence-electron chi connectivity index (χ0n) is 15.6. The minimum atomic E-state index is 0.00313. The molecule has 2 heterocycles. The molecule has 7 heteroatoms. The molecule has 0 amide bonds. The Morgan fingerprint density at radius 1 is 1.50 bits per heavy atom. The van der Waals surface area contributed by atoms with Crippen molar-refractivity contribution in [3.05, 3.63) is 35.4 Å². The first-order chi connectivity index (χ1) is 12.5. The van der Waals surface area contributed by atoms with E-state index in [1.165, 1.54) is 0 Å². The van der Waals surface area contributed by atoms with Crippen molar-refractivity contribution >= 4 is 12.1 Å². The lowest BCUT2D eigenvalue weighted by Gasteiger charge is -2.37. The quantitative estimate of drug-likeness (QED) is 0.785. The maximum absolute atomic E-state index is 11.3. The van der Waals surface area contributed by atoms with Crippen molar-refractivity contribution in [2.45, 2.75) is 39.3 Å². The summed E-state index contributed by atoms with van der Waals surface area (Å²) in [6.07, 6.45) is 4.76. The van der Waals surface area contributed by atoms with E-state index >= 15 is 0 Å². The average Bonchev–Trinajstić information content (AvgIpc) is 3.09. The second kappa shape index (κ2) is 7.95. The van der Waals surface area contributed by atoms with E-state index in [-0.39, 0.29) is 29.3 Å². The fraction of sp³-hybridized carbons (Fsp3) is 0.579. The highest BCUT2D eigenvalue weighted by Gasteiger charge is 2.28. The Balaban J connectivity index is 1.76. The van der Waals surface area contributed by atoms with Gasteiger partial charge in [0.2, 0.25) is 0 Å². The van der Waals surface area contributed by atoms with E-state index in [1.807, 2.05) is 17.7 Å². The van der Waals surface area contributed by atoms with Crippen LogP contribution in [0.15, 0.2) is 35.4 Å². The molecule has 1 aliphatic heterocycles. The summed E-state index contributed by atoms with van der Waals surface area (Å²) in [7, 11) is 0. The number of allylic oxidation sites excluding steroid dienone is 3. The van der Waals surface area contributed by atoms with Gasteiger partial charge in [-0.3, -0.25) is 4.79 Å². The van der Waals surface area contributed by atoms with Crippen LogP contribution in [-0.4, -0.2) is 53.6 Å². The number of carbonyl (C=O) groups excluding carboxylic acids is 1. The first kappa shape index (κ1) is 18.5. The van der Waals surface area contributed by atoms with E-state index in [0.717, 1.165) is 12.4 Å². The molecule has 142 valence electrons. The molecule has 1 unspecified atom stereocenters.